The van der Waals surface area contributed by atoms with Crippen molar-refractivity contribution in [3.63, 3.8) is 0 Å². The fourth-order valence-corrected chi connectivity index (χ4v) is 1.19. The van der Waals surface area contributed by atoms with Crippen LogP contribution in [0.3, 0.4) is 0 Å². The molecule has 1 aromatic carbocycles. The van der Waals surface area contributed by atoms with Gasteiger partial charge in [0.25, 0.3) is 5.17 Å². The summed E-state index contributed by atoms with van der Waals surface area (Å²) in [5.41, 5.74) is 0. The highest BCUT2D eigenvalue weighted by atomic mass is 79.9. The van der Waals surface area contributed by atoms with Crippen LogP contribution in [0.5, 0.6) is 5.75 Å². The number of hydrogen-bond acceptors (Lipinski definition) is 2. The Hall–Kier alpha value is -0.680. The van der Waals surface area contributed by atoms with E-state index in [1.807, 2.05) is 0 Å². The molecule has 5 heteroatoms. The van der Waals surface area contributed by atoms with Crippen molar-refractivity contribution in [2.24, 2.45) is 0 Å². The van der Waals surface area contributed by atoms with Crippen molar-refractivity contribution in [2.45, 2.75) is 0 Å². The van der Waals surface area contributed by atoms with Crippen molar-refractivity contribution in [2.75, 3.05) is 14.1 Å². The van der Waals surface area contributed by atoms with E-state index in [0.29, 0.717) is 4.47 Å². The molecule has 0 radical (unpaired) electrons. The molecule has 0 saturated heterocycles. The third-order valence-electron chi connectivity index (χ3n) is 1.48. The smallest absolute Gasteiger partial charge is 0.264 e. The maximum absolute atomic E-state index is 13.4. The predicted octanol–water partition coefficient (Wildman–Crippen LogP) is 2.81. The molecule has 0 aliphatic heterocycles. The number of thiocarbonyl (C=S) groups is 1. The number of halogens is 2. The lowest BCUT2D eigenvalue weighted by molar-refractivity contribution is 0.424. The molecule has 1 rings (SSSR count). The number of hydrogen-bond donors (Lipinski definition) is 0. The Labute approximate surface area is 95.8 Å². The van der Waals surface area contributed by atoms with Gasteiger partial charge in [-0.3, -0.25) is 0 Å². The molecule has 0 N–H and O–H groups in total. The molecule has 0 bridgehead atoms. The van der Waals surface area contributed by atoms with Gasteiger partial charge in [-0.25, -0.2) is 4.39 Å². The molecule has 76 valence electrons. The molecule has 0 fully saturated rings. The van der Waals surface area contributed by atoms with Crippen LogP contribution in [0.4, 0.5) is 4.39 Å². The highest BCUT2D eigenvalue weighted by molar-refractivity contribution is 9.10. The lowest BCUT2D eigenvalue weighted by Gasteiger charge is -2.14. The minimum Gasteiger partial charge on any atom is -0.429 e. The second-order valence-corrected chi connectivity index (χ2v) is 4.02. The standard InChI is InChI=1S/C9H9BrFNOS/c1-12(2)9(14)13-7-5-3-4-6(10)8(7)11/h3-5H,1-2H3. The lowest BCUT2D eigenvalue weighted by Crippen LogP contribution is -2.25. The Kier molecular flexibility index (Phi) is 3.83. The van der Waals surface area contributed by atoms with Gasteiger partial charge < -0.3 is 9.64 Å². The van der Waals surface area contributed by atoms with Crippen LogP contribution in [0, 0.1) is 5.82 Å². The largest absolute Gasteiger partial charge is 0.429 e. The van der Waals surface area contributed by atoms with Crippen molar-refractivity contribution < 1.29 is 9.13 Å². The summed E-state index contributed by atoms with van der Waals surface area (Å²) in [6.07, 6.45) is 0. The molecule has 0 spiro atoms. The Bertz CT molecular complexity index is 357. The average molecular weight is 278 g/mol. The van der Waals surface area contributed by atoms with Gasteiger partial charge in [0.05, 0.1) is 4.47 Å². The Morgan fingerprint density at radius 3 is 2.71 bits per heavy atom. The summed E-state index contributed by atoms with van der Waals surface area (Å²) in [6, 6.07) is 4.80. The number of ether oxygens (including phenoxy) is 1. The average Bonchev–Trinajstić information content (AvgIpc) is 2.12. The summed E-state index contributed by atoms with van der Waals surface area (Å²) in [6.45, 7) is 0. The zero-order valence-electron chi connectivity index (χ0n) is 7.75. The van der Waals surface area contributed by atoms with Crippen LogP contribution in [0.25, 0.3) is 0 Å². The molecular weight excluding hydrogens is 269 g/mol. The van der Waals surface area contributed by atoms with Gasteiger partial charge in [0.2, 0.25) is 0 Å². The summed E-state index contributed by atoms with van der Waals surface area (Å²) < 4.78 is 18.9. The number of benzene rings is 1. The minimum absolute atomic E-state index is 0.123. The second-order valence-electron chi connectivity index (χ2n) is 2.81. The Balaban J connectivity index is 2.87. The monoisotopic (exact) mass is 277 g/mol. The normalized spacial score (nSPS) is 9.71. The van der Waals surface area contributed by atoms with Crippen molar-refractivity contribution in [3.05, 3.63) is 28.5 Å². The Morgan fingerprint density at radius 1 is 1.50 bits per heavy atom. The van der Waals surface area contributed by atoms with Crippen molar-refractivity contribution in [1.82, 2.24) is 4.90 Å². The van der Waals surface area contributed by atoms with Crippen LogP contribution in [0.2, 0.25) is 0 Å². The van der Waals surface area contributed by atoms with Gasteiger partial charge in [0.1, 0.15) is 0 Å². The lowest BCUT2D eigenvalue weighted by atomic mass is 10.3. The summed E-state index contributed by atoms with van der Waals surface area (Å²) >= 11 is 7.95. The minimum atomic E-state index is -0.448. The van der Waals surface area contributed by atoms with E-state index in [4.69, 9.17) is 17.0 Å². The van der Waals surface area contributed by atoms with Crippen LogP contribution in [0.15, 0.2) is 22.7 Å². The molecule has 0 aromatic heterocycles. The van der Waals surface area contributed by atoms with Gasteiger partial charge in [-0.2, -0.15) is 0 Å². The fourth-order valence-electron chi connectivity index (χ4n) is 0.748. The van der Waals surface area contributed by atoms with E-state index in [9.17, 15) is 4.39 Å². The van der Waals surface area contributed by atoms with E-state index in [-0.39, 0.29) is 10.9 Å². The second kappa shape index (κ2) is 4.70. The van der Waals surface area contributed by atoms with Crippen LogP contribution in [0.1, 0.15) is 0 Å². The van der Waals surface area contributed by atoms with Crippen LogP contribution in [-0.2, 0) is 0 Å². The quantitative estimate of drug-likeness (QED) is 0.733. The third kappa shape index (κ3) is 2.65. The molecule has 0 amide bonds. The van der Waals surface area contributed by atoms with Gasteiger partial charge >= 0.3 is 0 Å². The van der Waals surface area contributed by atoms with E-state index >= 15 is 0 Å². The Morgan fingerprint density at radius 2 is 2.14 bits per heavy atom. The molecule has 2 nitrogen and oxygen atoms in total. The first-order valence-corrected chi connectivity index (χ1v) is 5.05. The van der Waals surface area contributed by atoms with Gasteiger partial charge in [-0.05, 0) is 40.3 Å². The highest BCUT2D eigenvalue weighted by Crippen LogP contribution is 2.24. The highest BCUT2D eigenvalue weighted by Gasteiger charge is 2.09. The SMILES string of the molecule is CN(C)C(=S)Oc1cccc(Br)c1F. The molecule has 14 heavy (non-hydrogen) atoms. The van der Waals surface area contributed by atoms with Crippen LogP contribution >= 0.6 is 28.1 Å². The number of nitrogens with zero attached hydrogens (tertiary/aromatic N) is 1. The topological polar surface area (TPSA) is 12.5 Å². The van der Waals surface area contributed by atoms with E-state index in [2.05, 4.69) is 15.9 Å². The summed E-state index contributed by atoms with van der Waals surface area (Å²) in [4.78, 5) is 1.59. The maximum atomic E-state index is 13.4. The molecule has 0 unspecified atom stereocenters. The van der Waals surface area contributed by atoms with Crippen molar-refractivity contribution >= 4 is 33.3 Å². The number of rotatable bonds is 1. The first kappa shape index (κ1) is 11.4. The van der Waals surface area contributed by atoms with E-state index < -0.39 is 5.82 Å². The van der Waals surface area contributed by atoms with E-state index in [1.165, 1.54) is 6.07 Å². The first-order valence-electron chi connectivity index (χ1n) is 3.85. The van der Waals surface area contributed by atoms with Gasteiger partial charge in [0, 0.05) is 14.1 Å². The van der Waals surface area contributed by atoms with E-state index in [0.717, 1.165) is 0 Å². The van der Waals surface area contributed by atoms with Gasteiger partial charge in [-0.15, -0.1) is 0 Å². The summed E-state index contributed by atoms with van der Waals surface area (Å²) in [5, 5.41) is 0.224. The van der Waals surface area contributed by atoms with E-state index in [1.54, 1.807) is 31.1 Å². The molecule has 0 heterocycles. The summed E-state index contributed by atoms with van der Waals surface area (Å²) in [5.74, 6) is -0.324. The maximum Gasteiger partial charge on any atom is 0.264 e. The van der Waals surface area contributed by atoms with Crippen molar-refractivity contribution in [3.8, 4) is 5.75 Å². The van der Waals surface area contributed by atoms with Crippen LogP contribution in [-0.4, -0.2) is 24.2 Å². The summed E-state index contributed by atoms with van der Waals surface area (Å²) in [7, 11) is 3.47. The fraction of sp³-hybridized carbons (Fsp3) is 0.222. The molecule has 0 aliphatic rings. The molecule has 0 atom stereocenters. The van der Waals surface area contributed by atoms with Gasteiger partial charge in [0.15, 0.2) is 11.6 Å². The van der Waals surface area contributed by atoms with Crippen LogP contribution < -0.4 is 4.74 Å². The molecule has 1 aromatic rings. The first-order chi connectivity index (χ1) is 6.52. The third-order valence-corrected chi connectivity index (χ3v) is 2.54. The van der Waals surface area contributed by atoms with Gasteiger partial charge in [-0.1, -0.05) is 6.07 Å². The molecular formula is C9H9BrFNOS. The van der Waals surface area contributed by atoms with Crippen molar-refractivity contribution in [1.29, 1.82) is 0 Å². The zero-order chi connectivity index (χ0) is 10.7. The molecule has 0 saturated carbocycles. The molecule has 0 aliphatic carbocycles. The zero-order valence-corrected chi connectivity index (χ0v) is 10.2. The predicted molar refractivity (Wildman–Crippen MR) is 61.0 cm³/mol.